The summed E-state index contributed by atoms with van der Waals surface area (Å²) in [5.41, 5.74) is 0.504. The molecule has 1 atom stereocenters. The van der Waals surface area contributed by atoms with Crippen molar-refractivity contribution >= 4 is 21.7 Å². The fourth-order valence-corrected chi connectivity index (χ4v) is 2.50. The lowest BCUT2D eigenvalue weighted by Gasteiger charge is -2.14. The molecular formula is C13H15BrO4. The number of carbonyl (C=O) groups is 1. The van der Waals surface area contributed by atoms with Gasteiger partial charge >= 0.3 is 0 Å². The Bertz CT molecular complexity index is 453. The summed E-state index contributed by atoms with van der Waals surface area (Å²) in [5.74, 6) is 1.09. The lowest BCUT2D eigenvalue weighted by Crippen LogP contribution is -2.20. The van der Waals surface area contributed by atoms with E-state index >= 15 is 0 Å². The van der Waals surface area contributed by atoms with Gasteiger partial charge < -0.3 is 14.2 Å². The van der Waals surface area contributed by atoms with E-state index < -0.39 is 0 Å². The van der Waals surface area contributed by atoms with Crippen LogP contribution in [0.5, 0.6) is 11.5 Å². The zero-order valence-electron chi connectivity index (χ0n) is 10.4. The average Bonchev–Trinajstić information content (AvgIpc) is 2.91. The van der Waals surface area contributed by atoms with Crippen LogP contribution in [0.2, 0.25) is 0 Å². The Labute approximate surface area is 114 Å². The van der Waals surface area contributed by atoms with Crippen LogP contribution < -0.4 is 9.47 Å². The summed E-state index contributed by atoms with van der Waals surface area (Å²) < 4.78 is 16.6. The second-order valence-corrected chi connectivity index (χ2v) is 4.91. The highest BCUT2D eigenvalue weighted by Gasteiger charge is 2.27. The first-order valence-electron chi connectivity index (χ1n) is 5.74. The van der Waals surface area contributed by atoms with Gasteiger partial charge in [0.15, 0.2) is 5.78 Å². The second-order valence-electron chi connectivity index (χ2n) is 4.05. The lowest BCUT2D eigenvalue weighted by atomic mass is 10.0. The van der Waals surface area contributed by atoms with Gasteiger partial charge in [0.25, 0.3) is 0 Å². The third-order valence-corrected chi connectivity index (χ3v) is 3.58. The Morgan fingerprint density at radius 3 is 2.61 bits per heavy atom. The van der Waals surface area contributed by atoms with E-state index in [1.165, 1.54) is 0 Å². The molecule has 1 aromatic rings. The van der Waals surface area contributed by atoms with Crippen molar-refractivity contribution in [2.75, 3.05) is 20.8 Å². The maximum absolute atomic E-state index is 12.3. The minimum atomic E-state index is -0.357. The van der Waals surface area contributed by atoms with Gasteiger partial charge in [0.05, 0.1) is 24.3 Å². The number of halogens is 1. The van der Waals surface area contributed by atoms with Gasteiger partial charge in [-0.3, -0.25) is 4.79 Å². The van der Waals surface area contributed by atoms with Crippen LogP contribution in [-0.4, -0.2) is 32.7 Å². The van der Waals surface area contributed by atoms with Crippen LogP contribution in [0.15, 0.2) is 16.6 Å². The molecule has 0 aliphatic carbocycles. The monoisotopic (exact) mass is 314 g/mol. The van der Waals surface area contributed by atoms with Crippen molar-refractivity contribution in [1.29, 1.82) is 0 Å². The molecule has 2 rings (SSSR count). The number of ether oxygens (including phenoxy) is 3. The van der Waals surface area contributed by atoms with Gasteiger partial charge in [-0.2, -0.15) is 0 Å². The summed E-state index contributed by atoms with van der Waals surface area (Å²) in [5, 5.41) is 0. The average molecular weight is 315 g/mol. The molecule has 1 unspecified atom stereocenters. The summed E-state index contributed by atoms with van der Waals surface area (Å²) >= 11 is 3.37. The number of Topliss-reactive ketones (excluding diaryl/α,β-unsaturated/α-hetero) is 1. The fraction of sp³-hybridized carbons (Fsp3) is 0.462. The molecule has 1 aliphatic rings. The third-order valence-electron chi connectivity index (χ3n) is 2.96. The molecule has 1 aliphatic heterocycles. The molecule has 0 amide bonds. The van der Waals surface area contributed by atoms with E-state index in [4.69, 9.17) is 14.2 Å². The Kier molecular flexibility index (Phi) is 4.24. The van der Waals surface area contributed by atoms with Gasteiger partial charge in [-0.15, -0.1) is 0 Å². The molecule has 0 radical (unpaired) electrons. The molecule has 4 nitrogen and oxygen atoms in total. The highest BCUT2D eigenvalue weighted by molar-refractivity contribution is 9.10. The summed E-state index contributed by atoms with van der Waals surface area (Å²) in [4.78, 5) is 12.3. The predicted molar refractivity (Wildman–Crippen MR) is 70.6 cm³/mol. The number of methoxy groups -OCH3 is 2. The molecule has 1 saturated heterocycles. The number of carbonyl (C=O) groups excluding carboxylic acids is 1. The van der Waals surface area contributed by atoms with E-state index in [9.17, 15) is 4.79 Å². The van der Waals surface area contributed by atoms with Crippen molar-refractivity contribution in [3.63, 3.8) is 0 Å². The minimum Gasteiger partial charge on any atom is -0.496 e. The SMILES string of the molecule is COc1cc(C(=O)C2CCCO2)c(OC)cc1Br. The second kappa shape index (κ2) is 5.71. The fourth-order valence-electron chi connectivity index (χ4n) is 2.01. The Balaban J connectivity index is 2.38. The maximum Gasteiger partial charge on any atom is 0.195 e. The van der Waals surface area contributed by atoms with Crippen LogP contribution in [-0.2, 0) is 4.74 Å². The quantitative estimate of drug-likeness (QED) is 0.802. The highest BCUT2D eigenvalue weighted by atomic mass is 79.9. The Morgan fingerprint density at radius 2 is 2.06 bits per heavy atom. The van der Waals surface area contributed by atoms with Gasteiger partial charge in [-0.05, 0) is 40.9 Å². The zero-order valence-corrected chi connectivity index (χ0v) is 12.0. The number of benzene rings is 1. The van der Waals surface area contributed by atoms with Gasteiger partial charge in [0, 0.05) is 6.61 Å². The first-order valence-corrected chi connectivity index (χ1v) is 6.54. The first kappa shape index (κ1) is 13.4. The maximum atomic E-state index is 12.3. The first-order chi connectivity index (χ1) is 8.67. The smallest absolute Gasteiger partial charge is 0.195 e. The molecule has 0 saturated carbocycles. The number of hydrogen-bond donors (Lipinski definition) is 0. The Morgan fingerprint density at radius 1 is 1.33 bits per heavy atom. The van der Waals surface area contributed by atoms with Crippen LogP contribution in [0.1, 0.15) is 23.2 Å². The molecular weight excluding hydrogens is 300 g/mol. The molecule has 1 aromatic carbocycles. The normalized spacial score (nSPS) is 18.7. The zero-order chi connectivity index (χ0) is 13.1. The summed E-state index contributed by atoms with van der Waals surface area (Å²) in [6, 6.07) is 3.42. The number of ketones is 1. The minimum absolute atomic E-state index is 0.0462. The van der Waals surface area contributed by atoms with Crippen molar-refractivity contribution in [3.8, 4) is 11.5 Å². The van der Waals surface area contributed by atoms with E-state index in [1.54, 1.807) is 26.4 Å². The topological polar surface area (TPSA) is 44.8 Å². The molecule has 1 heterocycles. The summed E-state index contributed by atoms with van der Waals surface area (Å²) in [6.45, 7) is 0.645. The summed E-state index contributed by atoms with van der Waals surface area (Å²) in [6.07, 6.45) is 1.33. The third kappa shape index (κ3) is 2.52. The largest absolute Gasteiger partial charge is 0.496 e. The predicted octanol–water partition coefficient (Wildman–Crippen LogP) is 2.83. The molecule has 0 aromatic heterocycles. The van der Waals surface area contributed by atoms with E-state index in [0.29, 0.717) is 23.7 Å². The van der Waals surface area contributed by atoms with E-state index in [2.05, 4.69) is 15.9 Å². The molecule has 18 heavy (non-hydrogen) atoms. The van der Waals surface area contributed by atoms with Crippen LogP contribution >= 0.6 is 15.9 Å². The van der Waals surface area contributed by atoms with E-state index in [-0.39, 0.29) is 11.9 Å². The standard InChI is InChI=1S/C13H15BrO4/c1-16-11-7-9(14)12(17-2)6-8(11)13(15)10-4-3-5-18-10/h6-7,10H,3-5H2,1-2H3. The molecule has 0 spiro atoms. The van der Waals surface area contributed by atoms with Gasteiger partial charge in [0.1, 0.15) is 17.6 Å². The lowest BCUT2D eigenvalue weighted by molar-refractivity contribution is 0.0639. The molecule has 0 N–H and O–H groups in total. The van der Waals surface area contributed by atoms with Crippen molar-refractivity contribution in [2.24, 2.45) is 0 Å². The molecule has 0 bridgehead atoms. The van der Waals surface area contributed by atoms with Gasteiger partial charge in [-0.25, -0.2) is 0 Å². The van der Waals surface area contributed by atoms with Crippen LogP contribution in [0.4, 0.5) is 0 Å². The number of hydrogen-bond acceptors (Lipinski definition) is 4. The van der Waals surface area contributed by atoms with Crippen LogP contribution in [0.3, 0.4) is 0 Å². The molecule has 5 heteroatoms. The van der Waals surface area contributed by atoms with Crippen molar-refractivity contribution in [1.82, 2.24) is 0 Å². The summed E-state index contributed by atoms with van der Waals surface area (Å²) in [7, 11) is 3.10. The van der Waals surface area contributed by atoms with Crippen molar-refractivity contribution in [2.45, 2.75) is 18.9 Å². The Hall–Kier alpha value is -1.07. The van der Waals surface area contributed by atoms with Crippen molar-refractivity contribution < 1.29 is 19.0 Å². The number of rotatable bonds is 4. The van der Waals surface area contributed by atoms with Gasteiger partial charge in [-0.1, -0.05) is 0 Å². The molecule has 1 fully saturated rings. The van der Waals surface area contributed by atoms with Crippen LogP contribution in [0.25, 0.3) is 0 Å². The highest BCUT2D eigenvalue weighted by Crippen LogP contribution is 2.34. The van der Waals surface area contributed by atoms with Gasteiger partial charge in [0.2, 0.25) is 0 Å². The molecule has 98 valence electrons. The van der Waals surface area contributed by atoms with E-state index in [1.807, 2.05) is 0 Å². The van der Waals surface area contributed by atoms with Crippen molar-refractivity contribution in [3.05, 3.63) is 22.2 Å². The van der Waals surface area contributed by atoms with Crippen LogP contribution in [0, 0.1) is 0 Å². The van der Waals surface area contributed by atoms with E-state index in [0.717, 1.165) is 17.3 Å².